The van der Waals surface area contributed by atoms with Crippen molar-refractivity contribution in [1.82, 2.24) is 9.79 Å². The Hall–Kier alpha value is -4.21. The molecule has 0 aliphatic carbocycles. The maximum atomic E-state index is 13.9. The lowest BCUT2D eigenvalue weighted by molar-refractivity contribution is -0.133. The molecule has 1 unspecified atom stereocenters. The minimum absolute atomic E-state index is 0.0867. The molecule has 0 saturated heterocycles. The average Bonchev–Trinajstić information content (AvgIpc) is 3.15. The fourth-order valence-corrected chi connectivity index (χ4v) is 5.71. The van der Waals surface area contributed by atoms with Gasteiger partial charge in [0.1, 0.15) is 25.0 Å². The number of anilines is 1. The maximum Gasteiger partial charge on any atom is 0.263 e. The summed E-state index contributed by atoms with van der Waals surface area (Å²) in [5.74, 6) is 4.56. The van der Waals surface area contributed by atoms with Gasteiger partial charge in [-0.3, -0.25) is 14.8 Å². The summed E-state index contributed by atoms with van der Waals surface area (Å²) in [6, 6.07) is 19.6. The van der Waals surface area contributed by atoms with Crippen LogP contribution in [0, 0.1) is 11.8 Å². The molecule has 0 radical (unpaired) electrons. The van der Waals surface area contributed by atoms with Crippen LogP contribution in [0.3, 0.4) is 0 Å². The third-order valence-corrected chi connectivity index (χ3v) is 7.94. The molecule has 202 valence electrons. The van der Waals surface area contributed by atoms with E-state index in [1.807, 2.05) is 0 Å². The Balaban J connectivity index is 1.68. The molecule has 2 N–H and O–H groups in total. The van der Waals surface area contributed by atoms with E-state index in [0.717, 1.165) is 4.31 Å². The summed E-state index contributed by atoms with van der Waals surface area (Å²) < 4.78 is 39.1. The van der Waals surface area contributed by atoms with E-state index >= 15 is 0 Å². The van der Waals surface area contributed by atoms with Crippen LogP contribution in [0.25, 0.3) is 0 Å². The molecule has 3 aromatic rings. The Morgan fingerprint density at radius 3 is 2.33 bits per heavy atom. The largest absolute Gasteiger partial charge is 0.481 e. The third-order valence-electron chi connectivity index (χ3n) is 6.07. The summed E-state index contributed by atoms with van der Waals surface area (Å²) in [6.45, 7) is -0.154. The molecule has 10 nitrogen and oxygen atoms in total. The minimum Gasteiger partial charge on any atom is -0.481 e. The number of sulfonamides is 1. The Labute approximate surface area is 226 Å². The van der Waals surface area contributed by atoms with Crippen LogP contribution in [0.15, 0.2) is 83.8 Å². The fraction of sp³-hybridized carbons (Fsp3) is 0.214. The lowest BCUT2D eigenvalue weighted by Gasteiger charge is -2.29. The molecule has 4 rings (SSSR count). The van der Waals surface area contributed by atoms with Crippen LogP contribution in [0.5, 0.6) is 5.75 Å². The number of hydrogen-bond acceptors (Lipinski definition) is 7. The number of hydrogen-bond donors (Lipinski definition) is 2. The molecule has 1 atom stereocenters. The molecule has 0 aromatic heterocycles. The van der Waals surface area contributed by atoms with Crippen molar-refractivity contribution in [2.24, 2.45) is 0 Å². The van der Waals surface area contributed by atoms with Crippen LogP contribution >= 0.6 is 0 Å². The van der Waals surface area contributed by atoms with Gasteiger partial charge < -0.3 is 14.4 Å². The Bertz CT molecular complexity index is 1480. The third kappa shape index (κ3) is 6.27. The van der Waals surface area contributed by atoms with Gasteiger partial charge in [0.05, 0.1) is 11.4 Å². The van der Waals surface area contributed by atoms with Crippen molar-refractivity contribution in [3.05, 3.63) is 90.0 Å². The van der Waals surface area contributed by atoms with E-state index in [-0.39, 0.29) is 31.2 Å². The molecule has 1 aliphatic heterocycles. The van der Waals surface area contributed by atoms with E-state index < -0.39 is 27.9 Å². The van der Waals surface area contributed by atoms with Crippen LogP contribution < -0.4 is 15.1 Å². The molecule has 0 fully saturated rings. The number of benzene rings is 3. The van der Waals surface area contributed by atoms with E-state index in [9.17, 15) is 23.2 Å². The summed E-state index contributed by atoms with van der Waals surface area (Å²) in [6.07, 6.45) is 0. The highest BCUT2D eigenvalue weighted by Gasteiger charge is 2.41. The molecular formula is C28H27N3O7S. The zero-order valence-corrected chi connectivity index (χ0v) is 21.9. The van der Waals surface area contributed by atoms with Gasteiger partial charge in [-0.05, 0) is 48.0 Å². The first kappa shape index (κ1) is 27.8. The van der Waals surface area contributed by atoms with Gasteiger partial charge in [0.2, 0.25) is 10.0 Å². The van der Waals surface area contributed by atoms with Crippen molar-refractivity contribution in [2.75, 3.05) is 31.8 Å². The van der Waals surface area contributed by atoms with Gasteiger partial charge in [0.25, 0.3) is 11.8 Å². The summed E-state index contributed by atoms with van der Waals surface area (Å²) in [5, 5.41) is 9.50. The van der Waals surface area contributed by atoms with E-state index in [1.54, 1.807) is 60.1 Å². The molecule has 2 amide bonds. The normalized spacial score (nSPS) is 15.3. The molecule has 3 aromatic carbocycles. The van der Waals surface area contributed by atoms with Gasteiger partial charge in [-0.25, -0.2) is 13.9 Å². The van der Waals surface area contributed by atoms with E-state index in [2.05, 4.69) is 11.8 Å². The van der Waals surface area contributed by atoms with Gasteiger partial charge >= 0.3 is 0 Å². The van der Waals surface area contributed by atoms with Crippen molar-refractivity contribution in [2.45, 2.75) is 17.5 Å². The van der Waals surface area contributed by atoms with Crippen molar-refractivity contribution in [3.8, 4) is 17.6 Å². The van der Waals surface area contributed by atoms with Crippen molar-refractivity contribution >= 4 is 27.5 Å². The van der Waals surface area contributed by atoms with Crippen LogP contribution in [-0.4, -0.2) is 62.7 Å². The Kier molecular flexibility index (Phi) is 8.96. The summed E-state index contributed by atoms with van der Waals surface area (Å²) in [7, 11) is -2.74. The number of para-hydroxylation sites is 1. The first-order valence-corrected chi connectivity index (χ1v) is 13.4. The van der Waals surface area contributed by atoms with Crippen molar-refractivity contribution in [3.63, 3.8) is 0 Å². The Morgan fingerprint density at radius 1 is 0.974 bits per heavy atom. The maximum absolute atomic E-state index is 13.9. The van der Waals surface area contributed by atoms with Crippen LogP contribution in [0.2, 0.25) is 0 Å². The quantitative estimate of drug-likeness (QED) is 0.263. The monoisotopic (exact) mass is 549 g/mol. The zero-order chi connectivity index (χ0) is 27.8. The topological polar surface area (TPSA) is 125 Å². The van der Waals surface area contributed by atoms with Crippen LogP contribution in [-0.2, 0) is 26.1 Å². The zero-order valence-electron chi connectivity index (χ0n) is 21.1. The summed E-state index contributed by atoms with van der Waals surface area (Å²) in [5.41, 5.74) is 2.93. The number of ether oxygens (including phenoxy) is 2. The second kappa shape index (κ2) is 12.6. The highest BCUT2D eigenvalue weighted by molar-refractivity contribution is 7.89. The highest BCUT2D eigenvalue weighted by Crippen LogP contribution is 2.32. The highest BCUT2D eigenvalue weighted by atomic mass is 32.2. The lowest BCUT2D eigenvalue weighted by Crippen LogP contribution is -2.53. The molecule has 0 saturated carbocycles. The number of fused-ring (bicyclic) bond motifs is 1. The van der Waals surface area contributed by atoms with Crippen LogP contribution in [0.4, 0.5) is 5.69 Å². The smallest absolute Gasteiger partial charge is 0.263 e. The fourth-order valence-electron chi connectivity index (χ4n) is 4.15. The van der Waals surface area contributed by atoms with Gasteiger partial charge in [-0.1, -0.05) is 48.2 Å². The van der Waals surface area contributed by atoms with Crippen molar-refractivity contribution in [1.29, 1.82) is 0 Å². The number of hydroxylamine groups is 1. The number of methoxy groups -OCH3 is 1. The molecule has 0 bridgehead atoms. The minimum atomic E-state index is -4.27. The number of carbonyl (C=O) groups excluding carboxylic acids is 2. The summed E-state index contributed by atoms with van der Waals surface area (Å²) >= 11 is 0. The van der Waals surface area contributed by atoms with Crippen LogP contribution in [0.1, 0.15) is 15.9 Å². The molecule has 11 heteroatoms. The molecule has 0 spiro atoms. The Morgan fingerprint density at radius 2 is 1.64 bits per heavy atom. The first-order chi connectivity index (χ1) is 18.9. The SMILES string of the molecule is COCC#CCOc1ccc(S(=O)(=O)N2Cc3ccccc3N(C(=O)c3ccccc3)CC2C(=O)NO)cc1. The van der Waals surface area contributed by atoms with E-state index in [1.165, 1.54) is 36.3 Å². The number of amides is 2. The van der Waals surface area contributed by atoms with E-state index in [4.69, 9.17) is 9.47 Å². The number of nitrogens with one attached hydrogen (secondary N) is 1. The number of nitrogens with zero attached hydrogens (tertiary/aromatic N) is 2. The van der Waals surface area contributed by atoms with Gasteiger partial charge in [0, 0.05) is 24.9 Å². The number of rotatable bonds is 7. The predicted molar refractivity (Wildman–Crippen MR) is 143 cm³/mol. The first-order valence-electron chi connectivity index (χ1n) is 11.9. The molecule has 1 aliphatic rings. The standard InChI is InChI=1S/C28H27N3O7S/c1-37-17-7-8-18-38-23-13-15-24(16-14-23)39(35,36)31-19-22-11-5-6-12-25(22)30(20-26(31)27(32)29-34)28(33)21-9-3-2-4-10-21/h2-6,9-16,26,34H,17-20H2,1H3,(H,29,32). The average molecular weight is 550 g/mol. The molecule has 1 heterocycles. The van der Waals surface area contributed by atoms with Gasteiger partial charge in [-0.15, -0.1) is 0 Å². The second-order valence-corrected chi connectivity index (χ2v) is 10.4. The van der Waals surface area contributed by atoms with Gasteiger partial charge in [0.15, 0.2) is 0 Å². The van der Waals surface area contributed by atoms with Crippen molar-refractivity contribution < 1.29 is 32.7 Å². The predicted octanol–water partition coefficient (Wildman–Crippen LogP) is 2.44. The van der Waals surface area contributed by atoms with Gasteiger partial charge in [-0.2, -0.15) is 4.31 Å². The number of carbonyl (C=O) groups is 2. The molecule has 39 heavy (non-hydrogen) atoms. The lowest BCUT2D eigenvalue weighted by atomic mass is 10.1. The van der Waals surface area contributed by atoms with E-state index in [0.29, 0.717) is 22.6 Å². The molecular weight excluding hydrogens is 522 g/mol. The summed E-state index contributed by atoms with van der Waals surface area (Å²) in [4.78, 5) is 27.7. The second-order valence-electron chi connectivity index (χ2n) is 8.50.